The van der Waals surface area contributed by atoms with Gasteiger partial charge in [0.2, 0.25) is 0 Å². The average Bonchev–Trinajstić information content (AvgIpc) is 2.89. The molecule has 1 aromatic rings. The Morgan fingerprint density at radius 3 is 2.76 bits per heavy atom. The molecule has 0 unspecified atom stereocenters. The van der Waals surface area contributed by atoms with Crippen molar-refractivity contribution in [3.05, 3.63) is 21.9 Å². The summed E-state index contributed by atoms with van der Waals surface area (Å²) in [7, 11) is 0. The van der Waals surface area contributed by atoms with E-state index < -0.39 is 11.8 Å². The van der Waals surface area contributed by atoms with Gasteiger partial charge in [-0.1, -0.05) is 11.8 Å². The van der Waals surface area contributed by atoms with E-state index in [1.54, 1.807) is 21.1 Å². The maximum atomic E-state index is 12.1. The molecule has 0 atom stereocenters. The van der Waals surface area contributed by atoms with Crippen LogP contribution in [-0.4, -0.2) is 47.3 Å². The molecule has 1 aromatic heterocycles. The summed E-state index contributed by atoms with van der Waals surface area (Å²) in [5.74, 6) is 4.93. The van der Waals surface area contributed by atoms with E-state index in [-0.39, 0.29) is 6.04 Å². The summed E-state index contributed by atoms with van der Waals surface area (Å²) in [5.41, 5.74) is 6.24. The summed E-state index contributed by atoms with van der Waals surface area (Å²) in [6, 6.07) is 2.00. The minimum atomic E-state index is -0.419. The molecule has 6 heteroatoms. The van der Waals surface area contributed by atoms with E-state index in [4.69, 9.17) is 5.73 Å². The molecule has 1 aliphatic rings. The maximum Gasteiger partial charge on any atom is 0.312 e. The number of rotatable bonds is 3. The Morgan fingerprint density at radius 2 is 2.10 bits per heavy atom. The quantitative estimate of drug-likeness (QED) is 0.658. The summed E-state index contributed by atoms with van der Waals surface area (Å²) in [6.07, 6.45) is 0. The maximum absolute atomic E-state index is 12.1. The van der Waals surface area contributed by atoms with Crippen LogP contribution in [0.5, 0.6) is 0 Å². The molecule has 5 nitrogen and oxygen atoms in total. The highest BCUT2D eigenvalue weighted by atomic mass is 32.1. The standard InChI is InChI=1S/C15H19N3O2S/c1-11(2)18-7-6-17(14(19)15(18)20)9-13-8-12(10-21-13)4-3-5-16/h8,10-11H,5-7,9,16H2,1-2H3. The first-order valence-corrected chi connectivity index (χ1v) is 7.77. The van der Waals surface area contributed by atoms with E-state index >= 15 is 0 Å². The molecule has 2 N–H and O–H groups in total. The van der Waals surface area contributed by atoms with Gasteiger partial charge in [0.1, 0.15) is 0 Å². The second-order valence-electron chi connectivity index (χ2n) is 5.13. The van der Waals surface area contributed by atoms with Crippen LogP contribution in [0.1, 0.15) is 24.3 Å². The molecule has 0 aliphatic carbocycles. The van der Waals surface area contributed by atoms with Crippen LogP contribution in [0.4, 0.5) is 0 Å². The number of nitrogens with zero attached hydrogens (tertiary/aromatic N) is 2. The lowest BCUT2D eigenvalue weighted by Gasteiger charge is -2.35. The Kier molecular flexibility index (Phi) is 4.99. The van der Waals surface area contributed by atoms with Gasteiger partial charge < -0.3 is 15.5 Å². The van der Waals surface area contributed by atoms with Gasteiger partial charge in [-0.3, -0.25) is 9.59 Å². The van der Waals surface area contributed by atoms with Crippen molar-refractivity contribution in [1.82, 2.24) is 9.80 Å². The number of carbonyl (C=O) groups is 2. The van der Waals surface area contributed by atoms with Crippen LogP contribution in [0.25, 0.3) is 0 Å². The molecular formula is C15H19N3O2S. The summed E-state index contributed by atoms with van der Waals surface area (Å²) in [6.45, 7) is 5.80. The number of thiophene rings is 1. The third kappa shape index (κ3) is 3.63. The molecule has 0 saturated carbocycles. The molecule has 21 heavy (non-hydrogen) atoms. The number of amides is 2. The highest BCUT2D eigenvalue weighted by Gasteiger charge is 2.33. The molecule has 0 bridgehead atoms. The van der Waals surface area contributed by atoms with E-state index in [1.807, 2.05) is 25.3 Å². The largest absolute Gasteiger partial charge is 0.330 e. The molecule has 2 heterocycles. The molecule has 1 saturated heterocycles. The lowest BCUT2D eigenvalue weighted by atomic mass is 10.2. The van der Waals surface area contributed by atoms with E-state index in [2.05, 4.69) is 11.8 Å². The van der Waals surface area contributed by atoms with E-state index in [0.29, 0.717) is 26.2 Å². The second-order valence-corrected chi connectivity index (χ2v) is 6.12. The molecule has 1 aliphatic heterocycles. The minimum absolute atomic E-state index is 0.0588. The molecular weight excluding hydrogens is 286 g/mol. The SMILES string of the molecule is CC(C)N1CCN(Cc2cc(C#CCN)cs2)C(=O)C1=O. The molecule has 1 fully saturated rings. The fraction of sp³-hybridized carbons (Fsp3) is 0.467. The summed E-state index contributed by atoms with van der Waals surface area (Å²) < 4.78 is 0. The van der Waals surface area contributed by atoms with Crippen LogP contribution >= 0.6 is 11.3 Å². The van der Waals surface area contributed by atoms with Crippen molar-refractivity contribution >= 4 is 23.2 Å². The Morgan fingerprint density at radius 1 is 1.33 bits per heavy atom. The van der Waals surface area contributed by atoms with Gasteiger partial charge >= 0.3 is 11.8 Å². The Labute approximate surface area is 128 Å². The van der Waals surface area contributed by atoms with Crippen molar-refractivity contribution in [3.8, 4) is 11.8 Å². The van der Waals surface area contributed by atoms with E-state index in [1.165, 1.54) is 0 Å². The van der Waals surface area contributed by atoms with Crippen LogP contribution < -0.4 is 5.73 Å². The lowest BCUT2D eigenvalue weighted by molar-refractivity contribution is -0.157. The lowest BCUT2D eigenvalue weighted by Crippen LogP contribution is -2.55. The highest BCUT2D eigenvalue weighted by molar-refractivity contribution is 7.10. The van der Waals surface area contributed by atoms with Gasteiger partial charge in [-0.2, -0.15) is 0 Å². The zero-order valence-corrected chi connectivity index (χ0v) is 13.1. The normalized spacial score (nSPS) is 15.4. The Hall–Kier alpha value is -1.84. The van der Waals surface area contributed by atoms with Gasteiger partial charge in [0.15, 0.2) is 0 Å². The molecule has 112 valence electrons. The number of hydrogen-bond acceptors (Lipinski definition) is 4. The van der Waals surface area contributed by atoms with Gasteiger partial charge in [-0.25, -0.2) is 0 Å². The van der Waals surface area contributed by atoms with E-state index in [0.717, 1.165) is 10.4 Å². The molecule has 2 rings (SSSR count). The van der Waals surface area contributed by atoms with Crippen LogP contribution in [0.15, 0.2) is 11.4 Å². The van der Waals surface area contributed by atoms with Crippen molar-refractivity contribution in [2.75, 3.05) is 19.6 Å². The molecule has 0 spiro atoms. The first kappa shape index (κ1) is 15.5. The first-order valence-electron chi connectivity index (χ1n) is 6.89. The van der Waals surface area contributed by atoms with Crippen LogP contribution in [0.2, 0.25) is 0 Å². The summed E-state index contributed by atoms with van der Waals surface area (Å²) >= 11 is 1.54. The van der Waals surface area contributed by atoms with Crippen LogP contribution in [0, 0.1) is 11.8 Å². The second kappa shape index (κ2) is 6.74. The first-order chi connectivity index (χ1) is 10.0. The predicted molar refractivity (Wildman–Crippen MR) is 82.5 cm³/mol. The van der Waals surface area contributed by atoms with Gasteiger partial charge in [-0.15, -0.1) is 11.3 Å². The zero-order chi connectivity index (χ0) is 15.4. The van der Waals surface area contributed by atoms with Gasteiger partial charge in [0, 0.05) is 35.0 Å². The summed E-state index contributed by atoms with van der Waals surface area (Å²) in [4.78, 5) is 28.4. The Balaban J connectivity index is 2.02. The predicted octanol–water partition coefficient (Wildman–Crippen LogP) is 0.638. The van der Waals surface area contributed by atoms with Crippen LogP contribution in [-0.2, 0) is 16.1 Å². The number of nitrogens with two attached hydrogens (primary N) is 1. The van der Waals surface area contributed by atoms with Crippen LogP contribution in [0.3, 0.4) is 0 Å². The average molecular weight is 305 g/mol. The van der Waals surface area contributed by atoms with Crippen molar-refractivity contribution in [2.45, 2.75) is 26.4 Å². The van der Waals surface area contributed by atoms with Crippen molar-refractivity contribution in [3.63, 3.8) is 0 Å². The highest BCUT2D eigenvalue weighted by Crippen LogP contribution is 2.18. The monoisotopic (exact) mass is 305 g/mol. The third-order valence-electron chi connectivity index (χ3n) is 3.30. The van der Waals surface area contributed by atoms with Gasteiger partial charge in [0.25, 0.3) is 0 Å². The summed E-state index contributed by atoms with van der Waals surface area (Å²) in [5, 5.41) is 1.94. The smallest absolute Gasteiger partial charge is 0.312 e. The van der Waals surface area contributed by atoms with Crippen molar-refractivity contribution < 1.29 is 9.59 Å². The fourth-order valence-corrected chi connectivity index (χ4v) is 3.03. The number of piperazine rings is 1. The number of hydrogen-bond donors (Lipinski definition) is 1. The zero-order valence-electron chi connectivity index (χ0n) is 12.3. The topological polar surface area (TPSA) is 66.6 Å². The van der Waals surface area contributed by atoms with E-state index in [9.17, 15) is 9.59 Å². The van der Waals surface area contributed by atoms with Gasteiger partial charge in [-0.05, 0) is 19.9 Å². The van der Waals surface area contributed by atoms with Crippen molar-refractivity contribution in [2.24, 2.45) is 5.73 Å². The third-order valence-corrected chi connectivity index (χ3v) is 4.22. The molecule has 0 aromatic carbocycles. The minimum Gasteiger partial charge on any atom is -0.330 e. The molecule has 2 amide bonds. The molecule has 0 radical (unpaired) electrons. The Bertz CT molecular complexity index is 598. The number of carbonyl (C=O) groups excluding carboxylic acids is 2. The van der Waals surface area contributed by atoms with Gasteiger partial charge in [0.05, 0.1) is 13.1 Å². The fourth-order valence-electron chi connectivity index (χ4n) is 2.20. The van der Waals surface area contributed by atoms with Crippen molar-refractivity contribution in [1.29, 1.82) is 0 Å².